The highest BCUT2D eigenvalue weighted by atomic mass is 127. The molecule has 3 aromatic rings. The molecule has 0 fully saturated rings. The number of amidine groups is 1. The van der Waals surface area contributed by atoms with E-state index in [4.69, 9.17) is 4.74 Å². The maximum absolute atomic E-state index is 12.6. The molecule has 0 radical (unpaired) electrons. The van der Waals surface area contributed by atoms with E-state index in [0.29, 0.717) is 17.9 Å². The van der Waals surface area contributed by atoms with Crippen LogP contribution in [0.4, 0.5) is 5.69 Å². The third-order valence-electron chi connectivity index (χ3n) is 4.87. The van der Waals surface area contributed by atoms with Gasteiger partial charge in [0.25, 0.3) is 15.9 Å². The van der Waals surface area contributed by atoms with Crippen LogP contribution in [0.5, 0.6) is 5.75 Å². The number of rotatable bonds is 7. The van der Waals surface area contributed by atoms with Crippen molar-refractivity contribution in [1.29, 1.82) is 0 Å². The molecule has 3 N–H and O–H groups in total. The van der Waals surface area contributed by atoms with Gasteiger partial charge in [-0.15, -0.1) is 4.40 Å². The molecule has 8 nitrogen and oxygen atoms in total. The monoisotopic (exact) mass is 577 g/mol. The van der Waals surface area contributed by atoms with E-state index >= 15 is 0 Å². The van der Waals surface area contributed by atoms with Crippen molar-refractivity contribution < 1.29 is 23.1 Å². The van der Waals surface area contributed by atoms with Gasteiger partial charge < -0.3 is 20.5 Å². The Morgan fingerprint density at radius 2 is 1.82 bits per heavy atom. The Morgan fingerprint density at radius 3 is 2.61 bits per heavy atom. The van der Waals surface area contributed by atoms with Crippen LogP contribution in [0, 0.1) is 3.57 Å². The molecule has 10 heteroatoms. The number of carbonyl (C=O) groups excluding carboxylic acids is 1. The summed E-state index contributed by atoms with van der Waals surface area (Å²) >= 11 is 2.00. The minimum atomic E-state index is -4.01. The Kier molecular flexibility index (Phi) is 6.96. The molecule has 1 atom stereocenters. The summed E-state index contributed by atoms with van der Waals surface area (Å²) < 4.78 is 35.1. The van der Waals surface area contributed by atoms with Gasteiger partial charge in [0.2, 0.25) is 5.84 Å². The molecule has 0 aromatic heterocycles. The second kappa shape index (κ2) is 9.89. The number of hydrogen-bond acceptors (Lipinski definition) is 6. The first kappa shape index (κ1) is 23.2. The van der Waals surface area contributed by atoms with E-state index in [1.165, 1.54) is 6.07 Å². The molecule has 0 saturated carbocycles. The summed E-state index contributed by atoms with van der Waals surface area (Å²) in [7, 11) is -4.01. The van der Waals surface area contributed by atoms with Crippen LogP contribution in [-0.2, 0) is 21.4 Å². The molecule has 170 valence electrons. The highest BCUT2D eigenvalue weighted by molar-refractivity contribution is 14.1. The Bertz CT molecular complexity index is 1310. The third kappa shape index (κ3) is 5.52. The van der Waals surface area contributed by atoms with Gasteiger partial charge in [0, 0.05) is 15.7 Å². The fraction of sp³-hybridized carbons (Fsp3) is 0.130. The Labute approximate surface area is 204 Å². The molecule has 3 aromatic carbocycles. The highest BCUT2D eigenvalue weighted by Crippen LogP contribution is 2.29. The van der Waals surface area contributed by atoms with Crippen molar-refractivity contribution in [3.63, 3.8) is 0 Å². The van der Waals surface area contributed by atoms with Crippen LogP contribution >= 0.6 is 22.6 Å². The molecule has 1 amide bonds. The first-order valence-corrected chi connectivity index (χ1v) is 12.5. The van der Waals surface area contributed by atoms with Crippen LogP contribution in [0.25, 0.3) is 0 Å². The second-order valence-electron chi connectivity index (χ2n) is 7.22. The van der Waals surface area contributed by atoms with E-state index in [1.54, 1.807) is 36.4 Å². The number of sulfonamides is 1. The average Bonchev–Trinajstić information content (AvgIpc) is 2.82. The molecule has 1 heterocycles. The summed E-state index contributed by atoms with van der Waals surface area (Å²) in [4.78, 5) is 12.6. The topological polar surface area (TPSA) is 117 Å². The van der Waals surface area contributed by atoms with Crippen molar-refractivity contribution in [2.75, 3.05) is 11.9 Å². The van der Waals surface area contributed by atoms with Crippen LogP contribution in [0.1, 0.15) is 17.2 Å². The smallest absolute Gasteiger partial charge is 0.288 e. The van der Waals surface area contributed by atoms with Crippen molar-refractivity contribution in [2.24, 2.45) is 4.40 Å². The minimum Gasteiger partial charge on any atom is -0.489 e. The van der Waals surface area contributed by atoms with Crippen LogP contribution in [-0.4, -0.2) is 31.8 Å². The largest absolute Gasteiger partial charge is 0.489 e. The molecule has 1 aliphatic rings. The molecule has 1 unspecified atom stereocenters. The number of aliphatic hydroxyl groups is 1. The van der Waals surface area contributed by atoms with Gasteiger partial charge in [-0.3, -0.25) is 4.79 Å². The lowest BCUT2D eigenvalue weighted by molar-refractivity contribution is -0.115. The van der Waals surface area contributed by atoms with E-state index in [-0.39, 0.29) is 23.0 Å². The normalized spacial score (nSPS) is 14.9. The Balaban J connectivity index is 1.42. The molecular weight excluding hydrogens is 557 g/mol. The van der Waals surface area contributed by atoms with Crippen LogP contribution in [0.3, 0.4) is 0 Å². The van der Waals surface area contributed by atoms with E-state index in [9.17, 15) is 18.3 Å². The van der Waals surface area contributed by atoms with Gasteiger partial charge in [-0.05, 0) is 52.4 Å². The lowest BCUT2D eigenvalue weighted by Crippen LogP contribution is -2.40. The van der Waals surface area contributed by atoms with Gasteiger partial charge in [0.15, 0.2) is 0 Å². The highest BCUT2D eigenvalue weighted by Gasteiger charge is 2.28. The van der Waals surface area contributed by atoms with Gasteiger partial charge in [-0.1, -0.05) is 48.5 Å². The number of nitrogens with zero attached hydrogens (tertiary/aromatic N) is 1. The molecule has 0 saturated heterocycles. The van der Waals surface area contributed by atoms with Crippen molar-refractivity contribution in [2.45, 2.75) is 17.6 Å². The fourth-order valence-corrected chi connectivity index (χ4v) is 5.08. The van der Waals surface area contributed by atoms with Gasteiger partial charge in [0.05, 0.1) is 11.8 Å². The van der Waals surface area contributed by atoms with Gasteiger partial charge in [-0.25, -0.2) is 0 Å². The van der Waals surface area contributed by atoms with E-state index in [1.807, 2.05) is 52.9 Å². The van der Waals surface area contributed by atoms with Crippen molar-refractivity contribution in [1.82, 2.24) is 5.32 Å². The zero-order valence-corrected chi connectivity index (χ0v) is 20.2. The molecular formula is C23H20IN3O5S. The lowest BCUT2D eigenvalue weighted by Gasteiger charge is -2.19. The minimum absolute atomic E-state index is 0.00970. The summed E-state index contributed by atoms with van der Waals surface area (Å²) in [6.45, 7) is 0.165. The zero-order chi connectivity index (χ0) is 23.4. The fourth-order valence-electron chi connectivity index (χ4n) is 3.24. The summed E-state index contributed by atoms with van der Waals surface area (Å²) in [5, 5.41) is 15.9. The number of amides is 1. The summed E-state index contributed by atoms with van der Waals surface area (Å²) in [5.41, 5.74) is 1.75. The predicted octanol–water partition coefficient (Wildman–Crippen LogP) is 3.23. The van der Waals surface area contributed by atoms with E-state index in [0.717, 1.165) is 9.13 Å². The van der Waals surface area contributed by atoms with Gasteiger partial charge >= 0.3 is 0 Å². The first-order valence-electron chi connectivity index (χ1n) is 9.97. The van der Waals surface area contributed by atoms with Crippen LogP contribution < -0.4 is 15.4 Å². The SMILES string of the molecule is O=C(NCC(O)c1ccccc1OCc1ccccc1)C1=NS(=O)(=O)c2cc(I)ccc2N1. The number of ether oxygens (including phenoxy) is 1. The van der Waals surface area contributed by atoms with Crippen molar-refractivity contribution in [3.8, 4) is 5.75 Å². The number of nitrogens with one attached hydrogen (secondary N) is 2. The van der Waals surface area contributed by atoms with Gasteiger partial charge in [0.1, 0.15) is 17.3 Å². The number of hydrogen-bond donors (Lipinski definition) is 3. The molecule has 0 aliphatic carbocycles. The number of anilines is 1. The number of fused-ring (bicyclic) bond motifs is 1. The number of para-hydroxylation sites is 1. The molecule has 33 heavy (non-hydrogen) atoms. The van der Waals surface area contributed by atoms with Gasteiger partial charge in [-0.2, -0.15) is 8.42 Å². The van der Waals surface area contributed by atoms with E-state index in [2.05, 4.69) is 15.0 Å². The quantitative estimate of drug-likeness (QED) is 0.372. The maximum atomic E-state index is 12.6. The van der Waals surface area contributed by atoms with Crippen LogP contribution in [0.2, 0.25) is 0 Å². The number of aliphatic hydroxyl groups excluding tert-OH is 1. The van der Waals surface area contributed by atoms with Crippen LogP contribution in [0.15, 0.2) is 82.1 Å². The Hall–Kier alpha value is -2.96. The molecule has 1 aliphatic heterocycles. The van der Waals surface area contributed by atoms with Crippen molar-refractivity contribution >= 4 is 50.0 Å². The summed E-state index contributed by atoms with van der Waals surface area (Å²) in [6.07, 6.45) is -1.07. The maximum Gasteiger partial charge on any atom is 0.288 e. The van der Waals surface area contributed by atoms with Crippen molar-refractivity contribution in [3.05, 3.63) is 87.5 Å². The number of benzene rings is 3. The third-order valence-corrected chi connectivity index (χ3v) is 6.86. The lowest BCUT2D eigenvalue weighted by atomic mass is 10.1. The molecule has 4 rings (SSSR count). The molecule has 0 bridgehead atoms. The Morgan fingerprint density at radius 1 is 1.09 bits per heavy atom. The summed E-state index contributed by atoms with van der Waals surface area (Å²) in [6, 6.07) is 21.4. The standard InChI is InChI=1S/C23H20IN3O5S/c24-16-10-11-18-21(12-16)33(30,31)27-22(26-18)23(29)25-13-19(28)17-8-4-5-9-20(17)32-14-15-6-2-1-3-7-15/h1-12,19,28H,13-14H2,(H,25,29)(H,26,27). The predicted molar refractivity (Wildman–Crippen MR) is 133 cm³/mol. The number of halogens is 1. The second-order valence-corrected chi connectivity index (χ2v) is 10.0. The summed E-state index contributed by atoms with van der Waals surface area (Å²) in [5.74, 6) is -0.614. The zero-order valence-electron chi connectivity index (χ0n) is 17.2. The average molecular weight is 577 g/mol. The molecule has 0 spiro atoms. The van der Waals surface area contributed by atoms with E-state index < -0.39 is 22.0 Å². The first-order chi connectivity index (χ1) is 15.8. The number of carbonyl (C=O) groups is 1.